The van der Waals surface area contributed by atoms with Crippen LogP contribution in [-0.4, -0.2) is 50.0 Å². The number of nitrogens with one attached hydrogen (secondary N) is 1. The number of alkyl halides is 3. The summed E-state index contributed by atoms with van der Waals surface area (Å²) in [6.07, 6.45) is 0.763. The maximum atomic E-state index is 14.5. The highest BCUT2D eigenvalue weighted by Crippen LogP contribution is 2.32. The van der Waals surface area contributed by atoms with Crippen LogP contribution < -0.4 is 9.62 Å². The molecule has 220 valence electrons. The summed E-state index contributed by atoms with van der Waals surface area (Å²) in [5, 5.41) is 2.98. The van der Waals surface area contributed by atoms with Crippen molar-refractivity contribution in [2.75, 3.05) is 17.1 Å². The van der Waals surface area contributed by atoms with Crippen LogP contribution in [-0.2, 0) is 32.3 Å². The smallest absolute Gasteiger partial charge is 0.352 e. The molecule has 0 heterocycles. The fraction of sp³-hybridized carbons (Fsp3) is 0.500. The fourth-order valence-electron chi connectivity index (χ4n) is 4.80. The van der Waals surface area contributed by atoms with E-state index in [1.54, 1.807) is 13.0 Å². The number of halogens is 4. The van der Waals surface area contributed by atoms with Gasteiger partial charge in [0.15, 0.2) is 0 Å². The highest BCUT2D eigenvalue weighted by atomic mass is 32.2. The molecule has 2 amide bonds. The number of rotatable bonds is 11. The first-order chi connectivity index (χ1) is 18.8. The van der Waals surface area contributed by atoms with E-state index in [0.717, 1.165) is 60.9 Å². The van der Waals surface area contributed by atoms with Gasteiger partial charge in [-0.2, -0.15) is 13.2 Å². The molecule has 0 unspecified atom stereocenters. The largest absolute Gasteiger partial charge is 0.416 e. The van der Waals surface area contributed by atoms with Gasteiger partial charge in [0.25, 0.3) is 0 Å². The topological polar surface area (TPSA) is 86.8 Å². The second kappa shape index (κ2) is 13.5. The Morgan fingerprint density at radius 2 is 1.73 bits per heavy atom. The maximum Gasteiger partial charge on any atom is 0.416 e. The van der Waals surface area contributed by atoms with Crippen molar-refractivity contribution in [2.24, 2.45) is 0 Å². The summed E-state index contributed by atoms with van der Waals surface area (Å²) in [4.78, 5) is 27.7. The molecule has 40 heavy (non-hydrogen) atoms. The number of nitrogens with zero attached hydrogens (tertiary/aromatic N) is 2. The molecule has 0 radical (unpaired) electrons. The summed E-state index contributed by atoms with van der Waals surface area (Å²) in [6.45, 7) is 1.12. The number of benzene rings is 2. The zero-order valence-corrected chi connectivity index (χ0v) is 23.4. The molecule has 7 nitrogen and oxygen atoms in total. The highest BCUT2D eigenvalue weighted by Gasteiger charge is 2.32. The van der Waals surface area contributed by atoms with Gasteiger partial charge < -0.3 is 10.2 Å². The first-order valence-corrected chi connectivity index (χ1v) is 15.1. The average Bonchev–Trinajstić information content (AvgIpc) is 2.89. The Balaban J connectivity index is 1.75. The van der Waals surface area contributed by atoms with Crippen molar-refractivity contribution in [3.8, 4) is 0 Å². The lowest BCUT2D eigenvalue weighted by molar-refractivity contribution is -0.141. The molecule has 0 bridgehead atoms. The Kier molecular flexibility index (Phi) is 10.6. The van der Waals surface area contributed by atoms with Crippen molar-refractivity contribution < 1.29 is 35.6 Å². The van der Waals surface area contributed by atoms with E-state index in [4.69, 9.17) is 0 Å². The molecule has 0 spiro atoms. The van der Waals surface area contributed by atoms with Gasteiger partial charge in [-0.25, -0.2) is 12.8 Å². The van der Waals surface area contributed by atoms with Gasteiger partial charge in [-0.1, -0.05) is 43.5 Å². The molecule has 1 fully saturated rings. The minimum Gasteiger partial charge on any atom is -0.352 e. The average molecular weight is 586 g/mol. The first-order valence-electron chi connectivity index (χ1n) is 13.3. The Morgan fingerprint density at radius 1 is 1.05 bits per heavy atom. The number of hydrogen-bond donors (Lipinski definition) is 1. The lowest BCUT2D eigenvalue weighted by Crippen LogP contribution is -2.50. The van der Waals surface area contributed by atoms with Gasteiger partial charge in [0, 0.05) is 31.1 Å². The van der Waals surface area contributed by atoms with Crippen LogP contribution in [0.15, 0.2) is 48.5 Å². The Hall–Kier alpha value is -3.15. The van der Waals surface area contributed by atoms with E-state index >= 15 is 0 Å². The molecule has 2 aromatic carbocycles. The van der Waals surface area contributed by atoms with Crippen molar-refractivity contribution in [1.82, 2.24) is 10.2 Å². The van der Waals surface area contributed by atoms with Gasteiger partial charge in [0.1, 0.15) is 11.9 Å². The SMILES string of the molecule is C[C@@H](C(=O)NC1CCCCC1)N(Cc1ccccc1F)C(=O)CCCN(c1cccc(C(F)(F)F)c1)S(C)(=O)=O. The highest BCUT2D eigenvalue weighted by molar-refractivity contribution is 7.92. The molecule has 1 atom stereocenters. The van der Waals surface area contributed by atoms with E-state index in [1.807, 2.05) is 0 Å². The lowest BCUT2D eigenvalue weighted by Gasteiger charge is -2.31. The van der Waals surface area contributed by atoms with Crippen LogP contribution in [0.3, 0.4) is 0 Å². The van der Waals surface area contributed by atoms with Crippen molar-refractivity contribution in [3.05, 3.63) is 65.5 Å². The van der Waals surface area contributed by atoms with Crippen LogP contribution in [0.2, 0.25) is 0 Å². The van der Waals surface area contributed by atoms with Crippen LogP contribution >= 0.6 is 0 Å². The van der Waals surface area contributed by atoms with Crippen LogP contribution in [0.4, 0.5) is 23.2 Å². The molecule has 1 aliphatic rings. The Bertz CT molecular complexity index is 1280. The van der Waals surface area contributed by atoms with E-state index < -0.39 is 39.5 Å². The predicted molar refractivity (Wildman–Crippen MR) is 144 cm³/mol. The standard InChI is InChI=1S/C28H35F4N3O4S/c1-20(27(37)33-23-12-4-3-5-13-23)34(19-21-10-6-7-15-25(21)29)26(36)16-9-17-35(40(2,38)39)24-14-8-11-22(18-24)28(30,31)32/h6-8,10-11,14-15,18,20,23H,3-5,9,12-13,16-17,19H2,1-2H3,(H,33,37)/t20-/m0/s1. The third kappa shape index (κ3) is 8.67. The molecule has 12 heteroatoms. The summed E-state index contributed by atoms with van der Waals surface area (Å²) in [5.41, 5.74) is -0.952. The number of sulfonamides is 1. The first kappa shape index (κ1) is 31.4. The minimum absolute atomic E-state index is 0.00453. The second-order valence-corrected chi connectivity index (χ2v) is 12.0. The summed E-state index contributed by atoms with van der Waals surface area (Å²) >= 11 is 0. The molecule has 1 N–H and O–H groups in total. The second-order valence-electron chi connectivity index (χ2n) is 10.1. The molecular formula is C28H35F4N3O4S. The molecule has 3 rings (SSSR count). The number of anilines is 1. The zero-order valence-electron chi connectivity index (χ0n) is 22.6. The van der Waals surface area contributed by atoms with Gasteiger partial charge >= 0.3 is 6.18 Å². The van der Waals surface area contributed by atoms with Gasteiger partial charge in [0.2, 0.25) is 21.8 Å². The van der Waals surface area contributed by atoms with Gasteiger partial charge in [-0.15, -0.1) is 0 Å². The van der Waals surface area contributed by atoms with Crippen molar-refractivity contribution in [1.29, 1.82) is 0 Å². The third-order valence-electron chi connectivity index (χ3n) is 7.03. The number of hydrogen-bond acceptors (Lipinski definition) is 4. The van der Waals surface area contributed by atoms with Crippen LogP contribution in [0.5, 0.6) is 0 Å². The molecule has 2 aromatic rings. The van der Waals surface area contributed by atoms with E-state index in [1.165, 1.54) is 29.2 Å². The molecule has 1 saturated carbocycles. The molecule has 0 aliphatic heterocycles. The van der Waals surface area contributed by atoms with Crippen molar-refractivity contribution in [3.63, 3.8) is 0 Å². The number of carbonyl (C=O) groups is 2. The van der Waals surface area contributed by atoms with Crippen molar-refractivity contribution in [2.45, 2.75) is 76.7 Å². The summed E-state index contributed by atoms with van der Waals surface area (Å²) < 4.78 is 79.7. The summed E-state index contributed by atoms with van der Waals surface area (Å²) in [5.74, 6) is -1.40. The van der Waals surface area contributed by atoms with Gasteiger partial charge in [-0.05, 0) is 50.5 Å². The fourth-order valence-corrected chi connectivity index (χ4v) is 5.76. The summed E-state index contributed by atoms with van der Waals surface area (Å²) in [7, 11) is -3.97. The lowest BCUT2D eigenvalue weighted by atomic mass is 9.95. The van der Waals surface area contributed by atoms with Crippen molar-refractivity contribution >= 4 is 27.5 Å². The molecule has 0 aromatic heterocycles. The molecular weight excluding hydrogens is 550 g/mol. The van der Waals surface area contributed by atoms with E-state index in [2.05, 4.69) is 5.32 Å². The molecule has 0 saturated heterocycles. The van der Waals surface area contributed by atoms with Crippen LogP contribution in [0, 0.1) is 5.82 Å². The third-order valence-corrected chi connectivity index (χ3v) is 8.23. The van der Waals surface area contributed by atoms with Gasteiger partial charge in [0.05, 0.1) is 17.5 Å². The van der Waals surface area contributed by atoms with E-state index in [0.29, 0.717) is 0 Å². The minimum atomic E-state index is -4.66. The normalized spacial score (nSPS) is 15.3. The zero-order chi connectivity index (χ0) is 29.5. The van der Waals surface area contributed by atoms with E-state index in [9.17, 15) is 35.6 Å². The molecule has 1 aliphatic carbocycles. The summed E-state index contributed by atoms with van der Waals surface area (Å²) in [6, 6.07) is 8.92. The maximum absolute atomic E-state index is 14.5. The quantitative estimate of drug-likeness (QED) is 0.365. The Labute approximate surface area is 232 Å². The predicted octanol–water partition coefficient (Wildman–Crippen LogP) is 5.26. The number of amides is 2. The van der Waals surface area contributed by atoms with E-state index in [-0.39, 0.29) is 49.1 Å². The van der Waals surface area contributed by atoms with Gasteiger partial charge in [-0.3, -0.25) is 13.9 Å². The van der Waals surface area contributed by atoms with Crippen LogP contribution in [0.1, 0.15) is 63.0 Å². The monoisotopic (exact) mass is 585 g/mol. The Morgan fingerprint density at radius 3 is 2.35 bits per heavy atom. The number of carbonyl (C=O) groups excluding carboxylic acids is 2. The van der Waals surface area contributed by atoms with Crippen LogP contribution in [0.25, 0.3) is 0 Å².